The van der Waals surface area contributed by atoms with E-state index in [4.69, 9.17) is 4.74 Å². The maximum atomic E-state index is 11.0. The summed E-state index contributed by atoms with van der Waals surface area (Å²) in [7, 11) is 0. The van der Waals surface area contributed by atoms with E-state index in [0.29, 0.717) is 18.9 Å². The fraction of sp³-hybridized carbons (Fsp3) is 0.909. The van der Waals surface area contributed by atoms with Crippen LogP contribution in [-0.4, -0.2) is 12.6 Å². The van der Waals surface area contributed by atoms with Crippen LogP contribution in [0.5, 0.6) is 0 Å². The van der Waals surface area contributed by atoms with E-state index in [0.717, 1.165) is 12.8 Å². The average Bonchev–Trinajstić information content (AvgIpc) is 2.12. The van der Waals surface area contributed by atoms with E-state index >= 15 is 0 Å². The minimum Gasteiger partial charge on any atom is -0.465 e. The van der Waals surface area contributed by atoms with Crippen LogP contribution < -0.4 is 0 Å². The van der Waals surface area contributed by atoms with Crippen LogP contribution in [-0.2, 0) is 9.53 Å². The Bertz CT molecular complexity index is 132. The summed E-state index contributed by atoms with van der Waals surface area (Å²) >= 11 is 0. The zero-order valence-corrected chi connectivity index (χ0v) is 9.14. The monoisotopic (exact) mass is 186 g/mol. The highest BCUT2D eigenvalue weighted by Gasteiger charge is 2.05. The predicted octanol–water partition coefficient (Wildman–Crippen LogP) is 3.16. The Balaban J connectivity index is 3.34. The molecular weight excluding hydrogens is 164 g/mol. The van der Waals surface area contributed by atoms with Gasteiger partial charge in [-0.1, -0.05) is 33.6 Å². The van der Waals surface area contributed by atoms with Crippen LogP contribution in [0.25, 0.3) is 0 Å². The van der Waals surface area contributed by atoms with Crippen LogP contribution in [0.4, 0.5) is 0 Å². The van der Waals surface area contributed by atoms with Crippen LogP contribution in [0.2, 0.25) is 0 Å². The fourth-order valence-electron chi connectivity index (χ4n) is 1.15. The fourth-order valence-corrected chi connectivity index (χ4v) is 1.15. The van der Waals surface area contributed by atoms with Gasteiger partial charge >= 0.3 is 5.97 Å². The Kier molecular flexibility index (Phi) is 7.76. The van der Waals surface area contributed by atoms with Crippen molar-refractivity contribution in [1.29, 1.82) is 0 Å². The SMILES string of the molecule is CCCCC(C)COC(=O)CCC. The Morgan fingerprint density at radius 2 is 2.00 bits per heavy atom. The zero-order chi connectivity index (χ0) is 10.1. The highest BCUT2D eigenvalue weighted by molar-refractivity contribution is 5.69. The highest BCUT2D eigenvalue weighted by atomic mass is 16.5. The van der Waals surface area contributed by atoms with E-state index in [1.165, 1.54) is 12.8 Å². The predicted molar refractivity (Wildman–Crippen MR) is 54.6 cm³/mol. The molecule has 0 N–H and O–H groups in total. The lowest BCUT2D eigenvalue weighted by molar-refractivity contribution is -0.144. The van der Waals surface area contributed by atoms with E-state index in [1.807, 2.05) is 6.92 Å². The second-order valence-corrected chi connectivity index (χ2v) is 3.68. The molecule has 0 saturated carbocycles. The minimum atomic E-state index is -0.0501. The van der Waals surface area contributed by atoms with Crippen molar-refractivity contribution in [2.75, 3.05) is 6.61 Å². The summed E-state index contributed by atoms with van der Waals surface area (Å²) in [6, 6.07) is 0. The number of carbonyl (C=O) groups is 1. The summed E-state index contributed by atoms with van der Waals surface area (Å²) < 4.78 is 5.10. The number of esters is 1. The van der Waals surface area contributed by atoms with Gasteiger partial charge in [-0.2, -0.15) is 0 Å². The van der Waals surface area contributed by atoms with Gasteiger partial charge in [-0.15, -0.1) is 0 Å². The van der Waals surface area contributed by atoms with Gasteiger partial charge < -0.3 is 4.74 Å². The van der Waals surface area contributed by atoms with E-state index in [1.54, 1.807) is 0 Å². The summed E-state index contributed by atoms with van der Waals surface area (Å²) in [4.78, 5) is 11.0. The molecule has 0 bridgehead atoms. The molecule has 0 aliphatic carbocycles. The Morgan fingerprint density at radius 1 is 1.31 bits per heavy atom. The Hall–Kier alpha value is -0.530. The first-order valence-electron chi connectivity index (χ1n) is 5.36. The van der Waals surface area contributed by atoms with Crippen molar-refractivity contribution in [2.24, 2.45) is 5.92 Å². The number of hydrogen-bond donors (Lipinski definition) is 0. The first kappa shape index (κ1) is 12.5. The van der Waals surface area contributed by atoms with Gasteiger partial charge in [-0.05, 0) is 18.8 Å². The lowest BCUT2D eigenvalue weighted by Gasteiger charge is -2.10. The van der Waals surface area contributed by atoms with Crippen molar-refractivity contribution in [3.63, 3.8) is 0 Å². The van der Waals surface area contributed by atoms with Crippen molar-refractivity contribution in [2.45, 2.75) is 52.9 Å². The molecule has 0 radical (unpaired) electrons. The van der Waals surface area contributed by atoms with Crippen molar-refractivity contribution >= 4 is 5.97 Å². The van der Waals surface area contributed by atoms with Gasteiger partial charge in [0.05, 0.1) is 6.61 Å². The normalized spacial score (nSPS) is 12.5. The van der Waals surface area contributed by atoms with Crippen LogP contribution in [0.15, 0.2) is 0 Å². The van der Waals surface area contributed by atoms with Gasteiger partial charge in [0.25, 0.3) is 0 Å². The molecule has 0 fully saturated rings. The van der Waals surface area contributed by atoms with E-state index in [-0.39, 0.29) is 5.97 Å². The minimum absolute atomic E-state index is 0.0501. The third-order valence-corrected chi connectivity index (χ3v) is 2.03. The van der Waals surface area contributed by atoms with Crippen LogP contribution >= 0.6 is 0 Å². The largest absolute Gasteiger partial charge is 0.465 e. The number of rotatable bonds is 7. The van der Waals surface area contributed by atoms with E-state index < -0.39 is 0 Å². The lowest BCUT2D eigenvalue weighted by Crippen LogP contribution is -2.11. The second-order valence-electron chi connectivity index (χ2n) is 3.68. The molecule has 0 spiro atoms. The molecule has 2 nitrogen and oxygen atoms in total. The molecular formula is C11H22O2. The standard InChI is InChI=1S/C11H22O2/c1-4-6-8-10(3)9-13-11(12)7-5-2/h10H,4-9H2,1-3H3. The van der Waals surface area contributed by atoms with Crippen LogP contribution in [0.3, 0.4) is 0 Å². The molecule has 0 heterocycles. The molecule has 78 valence electrons. The highest BCUT2D eigenvalue weighted by Crippen LogP contribution is 2.08. The summed E-state index contributed by atoms with van der Waals surface area (Å²) in [6.07, 6.45) is 5.04. The lowest BCUT2D eigenvalue weighted by atomic mass is 10.1. The Morgan fingerprint density at radius 3 is 2.54 bits per heavy atom. The summed E-state index contributed by atoms with van der Waals surface area (Å²) in [6.45, 7) is 6.89. The molecule has 13 heavy (non-hydrogen) atoms. The second kappa shape index (κ2) is 8.09. The summed E-state index contributed by atoms with van der Waals surface area (Å²) in [5, 5.41) is 0. The van der Waals surface area contributed by atoms with Crippen molar-refractivity contribution in [3.05, 3.63) is 0 Å². The summed E-state index contributed by atoms with van der Waals surface area (Å²) in [5.41, 5.74) is 0. The quantitative estimate of drug-likeness (QED) is 0.571. The molecule has 0 aromatic rings. The molecule has 2 heteroatoms. The molecule has 0 aliphatic heterocycles. The van der Waals surface area contributed by atoms with Gasteiger partial charge in [-0.25, -0.2) is 0 Å². The number of hydrogen-bond acceptors (Lipinski definition) is 2. The molecule has 0 aliphatic rings. The van der Waals surface area contributed by atoms with Crippen molar-refractivity contribution < 1.29 is 9.53 Å². The molecule has 1 atom stereocenters. The van der Waals surface area contributed by atoms with Gasteiger partial charge in [0.15, 0.2) is 0 Å². The van der Waals surface area contributed by atoms with Crippen molar-refractivity contribution in [1.82, 2.24) is 0 Å². The van der Waals surface area contributed by atoms with Crippen LogP contribution in [0.1, 0.15) is 52.9 Å². The third kappa shape index (κ3) is 7.82. The number of carbonyl (C=O) groups excluding carboxylic acids is 1. The maximum absolute atomic E-state index is 11.0. The smallest absolute Gasteiger partial charge is 0.305 e. The number of unbranched alkanes of at least 4 members (excludes halogenated alkanes) is 1. The van der Waals surface area contributed by atoms with Gasteiger partial charge in [-0.3, -0.25) is 4.79 Å². The van der Waals surface area contributed by atoms with Gasteiger partial charge in [0.2, 0.25) is 0 Å². The molecule has 1 unspecified atom stereocenters. The van der Waals surface area contributed by atoms with Crippen molar-refractivity contribution in [3.8, 4) is 0 Å². The van der Waals surface area contributed by atoms with Gasteiger partial charge in [0.1, 0.15) is 0 Å². The topological polar surface area (TPSA) is 26.3 Å². The van der Waals surface area contributed by atoms with Gasteiger partial charge in [0, 0.05) is 6.42 Å². The van der Waals surface area contributed by atoms with E-state index in [9.17, 15) is 4.79 Å². The van der Waals surface area contributed by atoms with E-state index in [2.05, 4.69) is 13.8 Å². The summed E-state index contributed by atoms with van der Waals surface area (Å²) in [5.74, 6) is 0.464. The zero-order valence-electron chi connectivity index (χ0n) is 9.14. The number of ether oxygens (including phenoxy) is 1. The molecule has 0 amide bonds. The third-order valence-electron chi connectivity index (χ3n) is 2.03. The first-order chi connectivity index (χ1) is 6.20. The van der Waals surface area contributed by atoms with Crippen LogP contribution in [0, 0.1) is 5.92 Å². The molecule has 0 aromatic heterocycles. The molecule has 0 aromatic carbocycles. The maximum Gasteiger partial charge on any atom is 0.305 e. The first-order valence-corrected chi connectivity index (χ1v) is 5.36. The average molecular weight is 186 g/mol. The molecule has 0 rings (SSSR count). The Labute approximate surface area is 81.7 Å². The molecule has 0 saturated heterocycles.